The SMILES string of the molecule is Cc1cc(C)nc(NC(=O)c2c(C)[nH]c(C(=O)O)c2C)n1. The number of aromatic amines is 1. The zero-order valence-electron chi connectivity index (χ0n) is 12.2. The summed E-state index contributed by atoms with van der Waals surface area (Å²) >= 11 is 0. The number of carboxylic acids is 1. The second-order valence-electron chi connectivity index (χ2n) is 4.86. The van der Waals surface area contributed by atoms with Crippen LogP contribution in [0.4, 0.5) is 5.95 Å². The lowest BCUT2D eigenvalue weighted by Crippen LogP contribution is -2.16. The number of carbonyl (C=O) groups excluding carboxylic acids is 1. The quantitative estimate of drug-likeness (QED) is 0.800. The summed E-state index contributed by atoms with van der Waals surface area (Å²) in [5.74, 6) is -1.33. The molecule has 0 atom stereocenters. The standard InChI is InChI=1S/C14H16N4O3/c1-6-5-7(2)16-14(15-6)18-12(19)10-8(3)11(13(20)21)17-9(10)4/h5,17H,1-4H3,(H,20,21)(H,15,16,18,19). The highest BCUT2D eigenvalue weighted by Crippen LogP contribution is 2.19. The molecule has 0 aliphatic rings. The monoisotopic (exact) mass is 288 g/mol. The van der Waals surface area contributed by atoms with Crippen molar-refractivity contribution in [3.05, 3.63) is 40.0 Å². The van der Waals surface area contributed by atoms with E-state index in [9.17, 15) is 9.59 Å². The second-order valence-corrected chi connectivity index (χ2v) is 4.86. The first kappa shape index (κ1) is 14.7. The van der Waals surface area contributed by atoms with Crippen LogP contribution in [0, 0.1) is 27.7 Å². The smallest absolute Gasteiger partial charge is 0.352 e. The molecule has 21 heavy (non-hydrogen) atoms. The zero-order chi connectivity index (χ0) is 15.7. The number of nitrogens with zero attached hydrogens (tertiary/aromatic N) is 2. The van der Waals surface area contributed by atoms with Crippen LogP contribution < -0.4 is 5.32 Å². The maximum absolute atomic E-state index is 12.3. The molecule has 0 unspecified atom stereocenters. The molecule has 0 aliphatic heterocycles. The molecule has 3 N–H and O–H groups in total. The van der Waals surface area contributed by atoms with Crippen molar-refractivity contribution in [3.63, 3.8) is 0 Å². The summed E-state index contributed by atoms with van der Waals surface area (Å²) in [5, 5.41) is 11.7. The molecule has 0 aliphatic carbocycles. The van der Waals surface area contributed by atoms with E-state index in [0.717, 1.165) is 11.4 Å². The number of aromatic nitrogens is 3. The van der Waals surface area contributed by atoms with Crippen molar-refractivity contribution in [1.29, 1.82) is 0 Å². The molecule has 2 aromatic rings. The first-order valence-electron chi connectivity index (χ1n) is 6.35. The highest BCUT2D eigenvalue weighted by Gasteiger charge is 2.22. The number of rotatable bonds is 3. The largest absolute Gasteiger partial charge is 0.477 e. The average molecular weight is 288 g/mol. The van der Waals surface area contributed by atoms with Crippen LogP contribution in [0.5, 0.6) is 0 Å². The van der Waals surface area contributed by atoms with Gasteiger partial charge in [0.25, 0.3) is 5.91 Å². The van der Waals surface area contributed by atoms with Crippen LogP contribution in [-0.4, -0.2) is 31.9 Å². The Morgan fingerprint density at radius 3 is 2.19 bits per heavy atom. The van der Waals surface area contributed by atoms with Crippen LogP contribution in [0.2, 0.25) is 0 Å². The number of aryl methyl sites for hydroxylation is 3. The molecule has 2 rings (SSSR count). The van der Waals surface area contributed by atoms with Crippen LogP contribution in [0.1, 0.15) is 43.5 Å². The van der Waals surface area contributed by atoms with E-state index in [1.165, 1.54) is 0 Å². The lowest BCUT2D eigenvalue weighted by molar-refractivity contribution is 0.0690. The van der Waals surface area contributed by atoms with Gasteiger partial charge in [-0.25, -0.2) is 14.8 Å². The summed E-state index contributed by atoms with van der Waals surface area (Å²) in [6, 6.07) is 1.80. The highest BCUT2D eigenvalue weighted by molar-refractivity contribution is 6.07. The van der Waals surface area contributed by atoms with Crippen molar-refractivity contribution in [2.45, 2.75) is 27.7 Å². The van der Waals surface area contributed by atoms with Crippen LogP contribution in [-0.2, 0) is 0 Å². The van der Waals surface area contributed by atoms with Crippen LogP contribution in [0.3, 0.4) is 0 Å². The fourth-order valence-corrected chi connectivity index (χ4v) is 2.25. The van der Waals surface area contributed by atoms with Gasteiger partial charge in [0, 0.05) is 17.1 Å². The summed E-state index contributed by atoms with van der Waals surface area (Å²) in [7, 11) is 0. The average Bonchev–Trinajstić information content (AvgIpc) is 2.63. The van der Waals surface area contributed by atoms with E-state index in [2.05, 4.69) is 20.3 Å². The van der Waals surface area contributed by atoms with Gasteiger partial charge in [0.15, 0.2) is 0 Å². The topological polar surface area (TPSA) is 108 Å². The number of anilines is 1. The highest BCUT2D eigenvalue weighted by atomic mass is 16.4. The molecule has 110 valence electrons. The van der Waals surface area contributed by atoms with Gasteiger partial charge in [0.05, 0.1) is 5.56 Å². The minimum absolute atomic E-state index is 0.0130. The summed E-state index contributed by atoms with van der Waals surface area (Å²) in [6.45, 7) is 6.85. The van der Waals surface area contributed by atoms with Gasteiger partial charge in [-0.15, -0.1) is 0 Å². The predicted molar refractivity (Wildman–Crippen MR) is 76.7 cm³/mol. The number of carboxylic acid groups (broad SMARTS) is 1. The normalized spacial score (nSPS) is 10.5. The summed E-state index contributed by atoms with van der Waals surface area (Å²) < 4.78 is 0. The fourth-order valence-electron chi connectivity index (χ4n) is 2.25. The molecule has 2 aromatic heterocycles. The third-order valence-corrected chi connectivity index (χ3v) is 3.09. The van der Waals surface area contributed by atoms with Gasteiger partial charge >= 0.3 is 5.97 Å². The molecule has 0 spiro atoms. The molecule has 0 aromatic carbocycles. The maximum Gasteiger partial charge on any atom is 0.352 e. The molecule has 1 amide bonds. The van der Waals surface area contributed by atoms with E-state index in [0.29, 0.717) is 16.8 Å². The van der Waals surface area contributed by atoms with Crippen LogP contribution >= 0.6 is 0 Å². The zero-order valence-corrected chi connectivity index (χ0v) is 12.2. The second kappa shape index (κ2) is 5.35. The van der Waals surface area contributed by atoms with Gasteiger partial charge in [0.2, 0.25) is 5.95 Å². The van der Waals surface area contributed by atoms with Gasteiger partial charge in [-0.05, 0) is 39.3 Å². The number of aromatic carboxylic acids is 1. The molecule has 7 nitrogen and oxygen atoms in total. The summed E-state index contributed by atoms with van der Waals surface area (Å²) in [5.41, 5.74) is 2.68. The van der Waals surface area contributed by atoms with E-state index in [1.54, 1.807) is 33.8 Å². The van der Waals surface area contributed by atoms with Crippen molar-refractivity contribution in [2.24, 2.45) is 0 Å². The van der Waals surface area contributed by atoms with E-state index < -0.39 is 11.9 Å². The van der Waals surface area contributed by atoms with Gasteiger partial charge < -0.3 is 10.1 Å². The third-order valence-electron chi connectivity index (χ3n) is 3.09. The lowest BCUT2D eigenvalue weighted by Gasteiger charge is -2.06. The molecule has 0 bridgehead atoms. The molecule has 0 fully saturated rings. The Morgan fingerprint density at radius 1 is 1.14 bits per heavy atom. The Bertz CT molecular complexity index is 714. The van der Waals surface area contributed by atoms with Gasteiger partial charge in [-0.2, -0.15) is 0 Å². The van der Waals surface area contributed by atoms with Gasteiger partial charge in [0.1, 0.15) is 5.69 Å². The third kappa shape index (κ3) is 2.91. The van der Waals surface area contributed by atoms with E-state index >= 15 is 0 Å². The van der Waals surface area contributed by atoms with Crippen molar-refractivity contribution < 1.29 is 14.7 Å². The van der Waals surface area contributed by atoms with Gasteiger partial charge in [-0.1, -0.05) is 0 Å². The molecule has 2 heterocycles. The Kier molecular flexibility index (Phi) is 3.75. The number of hydrogen-bond donors (Lipinski definition) is 3. The maximum atomic E-state index is 12.3. The van der Waals surface area contributed by atoms with E-state index in [-0.39, 0.29) is 11.6 Å². The van der Waals surface area contributed by atoms with E-state index in [1.807, 2.05) is 0 Å². The molecule has 0 saturated heterocycles. The summed E-state index contributed by atoms with van der Waals surface area (Å²) in [4.78, 5) is 34.3. The Balaban J connectivity index is 2.35. The lowest BCUT2D eigenvalue weighted by atomic mass is 10.1. The van der Waals surface area contributed by atoms with Crippen LogP contribution in [0.15, 0.2) is 6.07 Å². The number of hydrogen-bond acceptors (Lipinski definition) is 4. The summed E-state index contributed by atoms with van der Waals surface area (Å²) in [6.07, 6.45) is 0. The molecule has 0 saturated carbocycles. The molecular formula is C14H16N4O3. The number of H-pyrrole nitrogens is 1. The van der Waals surface area contributed by atoms with Crippen molar-refractivity contribution in [2.75, 3.05) is 5.32 Å². The number of amides is 1. The molecular weight excluding hydrogens is 272 g/mol. The molecule has 0 radical (unpaired) electrons. The first-order valence-corrected chi connectivity index (χ1v) is 6.35. The number of nitrogens with one attached hydrogen (secondary N) is 2. The Morgan fingerprint density at radius 2 is 1.71 bits per heavy atom. The molecule has 7 heteroatoms. The predicted octanol–water partition coefficient (Wildman–Crippen LogP) is 1.99. The number of carbonyl (C=O) groups is 2. The van der Waals surface area contributed by atoms with Gasteiger partial charge in [-0.3, -0.25) is 10.1 Å². The van der Waals surface area contributed by atoms with E-state index in [4.69, 9.17) is 5.11 Å². The van der Waals surface area contributed by atoms with Crippen molar-refractivity contribution in [3.8, 4) is 0 Å². The minimum Gasteiger partial charge on any atom is -0.477 e. The first-order chi connectivity index (χ1) is 9.79. The van der Waals surface area contributed by atoms with Crippen molar-refractivity contribution >= 4 is 17.8 Å². The minimum atomic E-state index is -1.10. The Hall–Kier alpha value is -2.70. The Labute approximate surface area is 121 Å². The fraction of sp³-hybridized carbons (Fsp3) is 0.286. The van der Waals surface area contributed by atoms with Crippen LogP contribution in [0.25, 0.3) is 0 Å². The van der Waals surface area contributed by atoms with Crippen molar-refractivity contribution in [1.82, 2.24) is 15.0 Å².